The third-order valence-electron chi connectivity index (χ3n) is 4.13. The number of nitrogens with zero attached hydrogens (tertiary/aromatic N) is 2. The molecule has 2 aliphatic rings. The van der Waals surface area contributed by atoms with E-state index in [4.69, 9.17) is 11.1 Å². The highest BCUT2D eigenvalue weighted by Gasteiger charge is 2.48. The minimum atomic E-state index is -2.71. The van der Waals surface area contributed by atoms with Gasteiger partial charge in [-0.1, -0.05) is 6.92 Å². The van der Waals surface area contributed by atoms with Gasteiger partial charge in [-0.05, 0) is 12.8 Å². The first kappa shape index (κ1) is 14.7. The fraction of sp³-hybridized carbons (Fsp3) is 0.692. The molecular weight excluding hydrogens is 266 g/mol. The summed E-state index contributed by atoms with van der Waals surface area (Å²) in [5.41, 5.74) is 5.75. The first-order valence-electron chi connectivity index (χ1n) is 6.77. The van der Waals surface area contributed by atoms with Gasteiger partial charge in [0.15, 0.2) is 0 Å². The molecule has 5 nitrogen and oxygen atoms in total. The van der Waals surface area contributed by atoms with Crippen molar-refractivity contribution in [1.82, 2.24) is 9.80 Å². The Morgan fingerprint density at radius 1 is 1.55 bits per heavy atom. The summed E-state index contributed by atoms with van der Waals surface area (Å²) in [6.45, 7) is 1.82. The summed E-state index contributed by atoms with van der Waals surface area (Å²) in [7, 11) is 1.55. The molecule has 20 heavy (non-hydrogen) atoms. The second kappa shape index (κ2) is 5.03. The number of amides is 1. The van der Waals surface area contributed by atoms with Gasteiger partial charge in [0, 0.05) is 32.1 Å². The van der Waals surface area contributed by atoms with Crippen LogP contribution in [0.5, 0.6) is 0 Å². The molecule has 0 bridgehead atoms. The van der Waals surface area contributed by atoms with Gasteiger partial charge in [0.2, 0.25) is 11.8 Å². The molecule has 0 aromatic heterocycles. The van der Waals surface area contributed by atoms with Crippen LogP contribution in [0.4, 0.5) is 8.78 Å². The van der Waals surface area contributed by atoms with E-state index in [0.29, 0.717) is 12.8 Å². The summed E-state index contributed by atoms with van der Waals surface area (Å²) in [5, 5.41) is 8.19. The predicted octanol–water partition coefficient (Wildman–Crippen LogP) is 1.50. The van der Waals surface area contributed by atoms with Crippen LogP contribution in [0, 0.1) is 5.41 Å². The molecule has 0 radical (unpaired) electrons. The summed E-state index contributed by atoms with van der Waals surface area (Å²) >= 11 is 0. The number of carbonyl (C=O) groups is 1. The number of carbonyl (C=O) groups excluding carboxylic acids is 1. The molecule has 3 N–H and O–H groups in total. The molecule has 1 aliphatic carbocycles. The van der Waals surface area contributed by atoms with Crippen LogP contribution in [0.25, 0.3) is 0 Å². The molecular formula is C13H20F2N4O. The van der Waals surface area contributed by atoms with E-state index in [1.807, 2.05) is 6.92 Å². The van der Waals surface area contributed by atoms with Crippen LogP contribution < -0.4 is 5.73 Å². The van der Waals surface area contributed by atoms with Gasteiger partial charge in [-0.3, -0.25) is 10.2 Å². The number of nitrogens with one attached hydrogen (secondary N) is 1. The molecule has 0 aromatic carbocycles. The fourth-order valence-electron chi connectivity index (χ4n) is 3.07. The molecule has 0 aromatic rings. The smallest absolute Gasteiger partial charge is 0.250 e. The Hall–Kier alpha value is -1.66. The number of hydrogen-bond donors (Lipinski definition) is 2. The standard InChI is InChI=1S/C13H20F2N4O/c1-3-9-12(20)18(2)10(7-16)11(17)19(9)8-4-5-13(14,15)6-8/h7-9,17H,3-6,16H2,1-2H3/b10-7+,17-11?/t8-,9?/m1/s1. The average Bonchev–Trinajstić information content (AvgIpc) is 2.74. The lowest BCUT2D eigenvalue weighted by molar-refractivity contribution is -0.134. The molecule has 1 saturated heterocycles. The average molecular weight is 286 g/mol. The van der Waals surface area contributed by atoms with E-state index in [0.717, 1.165) is 0 Å². The first-order valence-corrected chi connectivity index (χ1v) is 6.77. The van der Waals surface area contributed by atoms with Crippen LogP contribution >= 0.6 is 0 Å². The number of amidine groups is 1. The van der Waals surface area contributed by atoms with Gasteiger partial charge in [-0.15, -0.1) is 0 Å². The highest BCUT2D eigenvalue weighted by molar-refractivity contribution is 6.05. The fourth-order valence-corrected chi connectivity index (χ4v) is 3.07. The molecule has 1 unspecified atom stereocenters. The maximum absolute atomic E-state index is 13.4. The summed E-state index contributed by atoms with van der Waals surface area (Å²) in [4.78, 5) is 15.2. The third kappa shape index (κ3) is 2.25. The summed E-state index contributed by atoms with van der Waals surface area (Å²) in [5.74, 6) is -2.85. The second-order valence-electron chi connectivity index (χ2n) is 5.38. The molecule has 2 atom stereocenters. The molecule has 1 heterocycles. The van der Waals surface area contributed by atoms with Crippen molar-refractivity contribution in [2.45, 2.75) is 50.6 Å². The van der Waals surface area contributed by atoms with Crippen molar-refractivity contribution in [2.75, 3.05) is 7.05 Å². The van der Waals surface area contributed by atoms with Gasteiger partial charge >= 0.3 is 0 Å². The molecule has 7 heteroatoms. The second-order valence-corrected chi connectivity index (χ2v) is 5.38. The first-order chi connectivity index (χ1) is 9.32. The molecule has 0 spiro atoms. The molecule has 1 aliphatic heterocycles. The molecule has 1 amide bonds. The van der Waals surface area contributed by atoms with Crippen LogP contribution in [0.1, 0.15) is 32.6 Å². The van der Waals surface area contributed by atoms with Crippen molar-refractivity contribution in [2.24, 2.45) is 5.73 Å². The topological polar surface area (TPSA) is 73.4 Å². The van der Waals surface area contributed by atoms with Gasteiger partial charge in [-0.25, -0.2) is 8.78 Å². The summed E-state index contributed by atoms with van der Waals surface area (Å²) < 4.78 is 26.9. The van der Waals surface area contributed by atoms with E-state index < -0.39 is 18.0 Å². The van der Waals surface area contributed by atoms with Gasteiger partial charge < -0.3 is 15.5 Å². The van der Waals surface area contributed by atoms with Crippen LogP contribution in [-0.4, -0.2) is 46.6 Å². The zero-order valence-corrected chi connectivity index (χ0v) is 11.7. The SMILES string of the molecule is CCC1C(=O)N(C)/C(=C/N)C(=N)N1[C@@H]1CCC(F)(F)C1. The Balaban J connectivity index is 2.33. The van der Waals surface area contributed by atoms with E-state index in [-0.39, 0.29) is 30.3 Å². The Bertz CT molecular complexity index is 463. The number of rotatable bonds is 2. The van der Waals surface area contributed by atoms with Crippen LogP contribution in [0.2, 0.25) is 0 Å². The van der Waals surface area contributed by atoms with Gasteiger partial charge in [0.1, 0.15) is 17.6 Å². The van der Waals surface area contributed by atoms with Crippen molar-refractivity contribution in [1.29, 1.82) is 5.41 Å². The molecule has 1 saturated carbocycles. The van der Waals surface area contributed by atoms with Crippen molar-refractivity contribution in [3.05, 3.63) is 11.9 Å². The summed E-state index contributed by atoms with van der Waals surface area (Å²) in [6, 6.07) is -1.04. The van der Waals surface area contributed by atoms with E-state index in [1.54, 1.807) is 7.05 Å². The van der Waals surface area contributed by atoms with Crippen molar-refractivity contribution in [3.63, 3.8) is 0 Å². The van der Waals surface area contributed by atoms with Gasteiger partial charge in [-0.2, -0.15) is 0 Å². The molecule has 2 rings (SSSR count). The number of alkyl halides is 2. The van der Waals surface area contributed by atoms with Crippen LogP contribution in [0.3, 0.4) is 0 Å². The molecule has 112 valence electrons. The zero-order valence-electron chi connectivity index (χ0n) is 11.7. The van der Waals surface area contributed by atoms with Crippen LogP contribution in [0.15, 0.2) is 11.9 Å². The number of hydrogen-bond acceptors (Lipinski definition) is 3. The number of halogens is 2. The third-order valence-corrected chi connectivity index (χ3v) is 4.13. The predicted molar refractivity (Wildman–Crippen MR) is 71.3 cm³/mol. The van der Waals surface area contributed by atoms with E-state index in [9.17, 15) is 13.6 Å². The van der Waals surface area contributed by atoms with Crippen molar-refractivity contribution in [3.8, 4) is 0 Å². The Morgan fingerprint density at radius 3 is 2.65 bits per heavy atom. The van der Waals surface area contributed by atoms with Gasteiger partial charge in [0.05, 0.1) is 0 Å². The largest absolute Gasteiger partial charge is 0.403 e. The lowest BCUT2D eigenvalue weighted by Crippen LogP contribution is -2.60. The highest BCUT2D eigenvalue weighted by atomic mass is 19.3. The van der Waals surface area contributed by atoms with Gasteiger partial charge in [0.25, 0.3) is 0 Å². The summed E-state index contributed by atoms with van der Waals surface area (Å²) in [6.07, 6.45) is 1.46. The van der Waals surface area contributed by atoms with Crippen LogP contribution in [-0.2, 0) is 4.79 Å². The lowest BCUT2D eigenvalue weighted by Gasteiger charge is -2.44. The van der Waals surface area contributed by atoms with Crippen molar-refractivity contribution < 1.29 is 13.6 Å². The maximum Gasteiger partial charge on any atom is 0.250 e. The lowest BCUT2D eigenvalue weighted by atomic mass is 10.0. The normalized spacial score (nSPS) is 32.3. The van der Waals surface area contributed by atoms with E-state index >= 15 is 0 Å². The van der Waals surface area contributed by atoms with E-state index in [2.05, 4.69) is 0 Å². The van der Waals surface area contributed by atoms with Crippen molar-refractivity contribution >= 4 is 11.7 Å². The quantitative estimate of drug-likeness (QED) is 0.808. The highest BCUT2D eigenvalue weighted by Crippen LogP contribution is 2.40. The Kier molecular flexibility index (Phi) is 3.71. The number of piperazine rings is 1. The maximum atomic E-state index is 13.4. The monoisotopic (exact) mass is 286 g/mol. The number of nitrogens with two attached hydrogens (primary N) is 1. The Labute approximate surface area is 116 Å². The minimum absolute atomic E-state index is 0.0594. The zero-order chi connectivity index (χ0) is 15.1. The van der Waals surface area contributed by atoms with E-state index in [1.165, 1.54) is 16.0 Å². The Morgan fingerprint density at radius 2 is 2.20 bits per heavy atom. The number of likely N-dealkylation sites (N-methyl/N-ethyl adjacent to an activating group) is 1. The molecule has 2 fully saturated rings. The minimum Gasteiger partial charge on any atom is -0.403 e.